The van der Waals surface area contributed by atoms with Crippen molar-refractivity contribution in [3.8, 4) is 0 Å². The molecule has 3 aromatic rings. The van der Waals surface area contributed by atoms with Crippen LogP contribution in [0.15, 0.2) is 42.5 Å². The topological polar surface area (TPSA) is 67.2 Å². The molecule has 0 saturated carbocycles. The van der Waals surface area contributed by atoms with Crippen molar-refractivity contribution in [3.05, 3.63) is 71.1 Å². The zero-order chi connectivity index (χ0) is 25.2. The number of hydrogen-bond acceptors (Lipinski definition) is 6. The number of alkyl halides is 3. The average molecular weight is 494 g/mol. The van der Waals surface area contributed by atoms with E-state index >= 15 is 0 Å². The van der Waals surface area contributed by atoms with Crippen molar-refractivity contribution in [3.63, 3.8) is 0 Å². The first-order chi connectivity index (χ1) is 16.6. The molecule has 186 valence electrons. The summed E-state index contributed by atoms with van der Waals surface area (Å²) in [4.78, 5) is 17.7. The molecule has 4 rings (SSSR count). The average Bonchev–Trinajstić information content (AvgIpc) is 3.31. The number of carbonyl (C=O) groups is 1. The van der Waals surface area contributed by atoms with Crippen LogP contribution in [-0.2, 0) is 12.6 Å². The van der Waals surface area contributed by atoms with E-state index in [9.17, 15) is 26.7 Å². The molecule has 1 fully saturated rings. The van der Waals surface area contributed by atoms with Crippen LogP contribution in [0.25, 0.3) is 0 Å². The van der Waals surface area contributed by atoms with Crippen LogP contribution in [-0.4, -0.2) is 63.6 Å². The van der Waals surface area contributed by atoms with Gasteiger partial charge in [-0.15, -0.1) is 10.2 Å². The Balaban J connectivity index is 1.29. The Kier molecular flexibility index (Phi) is 7.10. The predicted octanol–water partition coefficient (Wildman–Crippen LogP) is 3.78. The van der Waals surface area contributed by atoms with Crippen molar-refractivity contribution in [1.29, 1.82) is 0 Å². The molecular formula is C23H23F5N6O. The Hall–Kier alpha value is -3.41. The smallest absolute Gasteiger partial charge is 0.369 e. The molecule has 0 aliphatic carbocycles. The van der Waals surface area contributed by atoms with Crippen LogP contribution >= 0.6 is 0 Å². The van der Waals surface area contributed by atoms with Crippen LogP contribution in [0.3, 0.4) is 0 Å². The lowest BCUT2D eigenvalue weighted by molar-refractivity contribution is -0.137. The van der Waals surface area contributed by atoms with Crippen LogP contribution < -0.4 is 4.90 Å². The molecule has 1 unspecified atom stereocenters. The number of piperazine rings is 1. The van der Waals surface area contributed by atoms with E-state index in [0.717, 1.165) is 29.1 Å². The van der Waals surface area contributed by atoms with Crippen molar-refractivity contribution in [2.45, 2.75) is 25.6 Å². The fourth-order valence-electron chi connectivity index (χ4n) is 3.91. The van der Waals surface area contributed by atoms with Crippen LogP contribution in [0, 0.1) is 11.6 Å². The number of Topliss-reactive ketones (excluding diaryl/α,β-unsaturated/α-hetero) is 1. The highest BCUT2D eigenvalue weighted by atomic mass is 19.4. The first-order valence-electron chi connectivity index (χ1n) is 11.0. The number of nitrogens with zero attached hydrogens (tertiary/aromatic N) is 6. The Morgan fingerprint density at radius 3 is 2.49 bits per heavy atom. The second kappa shape index (κ2) is 10.1. The maximum atomic E-state index is 13.9. The predicted molar refractivity (Wildman–Crippen MR) is 117 cm³/mol. The van der Waals surface area contributed by atoms with Crippen molar-refractivity contribution in [1.82, 2.24) is 25.1 Å². The van der Waals surface area contributed by atoms with Gasteiger partial charge in [0.25, 0.3) is 0 Å². The second-order valence-electron chi connectivity index (χ2n) is 8.32. The van der Waals surface area contributed by atoms with Crippen LogP contribution in [0.4, 0.5) is 27.6 Å². The lowest BCUT2D eigenvalue weighted by atomic mass is 10.1. The first-order valence-corrected chi connectivity index (χ1v) is 11.0. The summed E-state index contributed by atoms with van der Waals surface area (Å²) < 4.78 is 66.0. The molecule has 2 heterocycles. The summed E-state index contributed by atoms with van der Waals surface area (Å²) in [7, 11) is 0. The fourth-order valence-corrected chi connectivity index (χ4v) is 3.91. The lowest BCUT2D eigenvalue weighted by Gasteiger charge is -2.36. The number of ketones is 1. The van der Waals surface area contributed by atoms with Crippen LogP contribution in [0.2, 0.25) is 0 Å². The van der Waals surface area contributed by atoms with Gasteiger partial charge in [0.1, 0.15) is 17.7 Å². The molecule has 12 heteroatoms. The molecule has 0 spiro atoms. The lowest BCUT2D eigenvalue weighted by Crippen LogP contribution is -2.47. The zero-order valence-corrected chi connectivity index (χ0v) is 18.8. The monoisotopic (exact) mass is 494 g/mol. The van der Waals surface area contributed by atoms with E-state index < -0.39 is 35.2 Å². The number of halogens is 5. The van der Waals surface area contributed by atoms with E-state index in [1.807, 2.05) is 4.90 Å². The van der Waals surface area contributed by atoms with Crippen molar-refractivity contribution >= 4 is 11.5 Å². The van der Waals surface area contributed by atoms with E-state index in [0.29, 0.717) is 56.7 Å². The summed E-state index contributed by atoms with van der Waals surface area (Å²) in [5.74, 6) is -1.92. The number of anilines is 1. The highest BCUT2D eigenvalue weighted by molar-refractivity contribution is 5.98. The molecule has 0 amide bonds. The molecule has 1 atom stereocenters. The van der Waals surface area contributed by atoms with Crippen molar-refractivity contribution in [2.75, 3.05) is 37.6 Å². The third-order valence-electron chi connectivity index (χ3n) is 5.95. The van der Waals surface area contributed by atoms with Gasteiger partial charge in [-0.05, 0) is 42.5 Å². The van der Waals surface area contributed by atoms with E-state index in [-0.39, 0.29) is 5.56 Å². The number of benzene rings is 2. The van der Waals surface area contributed by atoms with Gasteiger partial charge >= 0.3 is 6.18 Å². The normalized spacial score (nSPS) is 15.9. The molecule has 1 aliphatic heterocycles. The molecule has 0 N–H and O–H groups in total. The maximum Gasteiger partial charge on any atom is 0.416 e. The standard InChI is InChI=1S/C23H23F5N6O/c1-15(22(35)19-6-5-17(24)14-20(19)25)34-30-21(29-31-34)7-8-32-9-11-33(12-10-32)18-4-2-3-16(13-18)23(26,27)28/h2-6,13-15H,7-12H2,1H3. The Morgan fingerprint density at radius 2 is 1.80 bits per heavy atom. The molecule has 7 nitrogen and oxygen atoms in total. The Labute approximate surface area is 198 Å². The first kappa shape index (κ1) is 24.7. The quantitative estimate of drug-likeness (QED) is 0.368. The van der Waals surface area contributed by atoms with Gasteiger partial charge in [0, 0.05) is 50.9 Å². The maximum absolute atomic E-state index is 13.9. The van der Waals surface area contributed by atoms with Crippen molar-refractivity contribution in [2.24, 2.45) is 0 Å². The molecular weight excluding hydrogens is 471 g/mol. The molecule has 1 aromatic heterocycles. The highest BCUT2D eigenvalue weighted by Crippen LogP contribution is 2.31. The van der Waals surface area contributed by atoms with Gasteiger partial charge in [-0.2, -0.15) is 18.0 Å². The zero-order valence-electron chi connectivity index (χ0n) is 18.8. The summed E-state index contributed by atoms with van der Waals surface area (Å²) in [6.45, 7) is 4.58. The van der Waals surface area contributed by atoms with Gasteiger partial charge in [0.15, 0.2) is 11.6 Å². The summed E-state index contributed by atoms with van der Waals surface area (Å²) in [6, 6.07) is 7.13. The summed E-state index contributed by atoms with van der Waals surface area (Å²) in [5, 5.41) is 12.1. The van der Waals surface area contributed by atoms with Gasteiger partial charge in [-0.3, -0.25) is 9.69 Å². The van der Waals surface area contributed by atoms with Crippen LogP contribution in [0.1, 0.15) is 34.7 Å². The number of tetrazole rings is 1. The van der Waals surface area contributed by atoms with Gasteiger partial charge in [-0.25, -0.2) is 8.78 Å². The molecule has 0 bridgehead atoms. The van der Waals surface area contributed by atoms with E-state index in [2.05, 4.69) is 20.3 Å². The fraction of sp³-hybridized carbons (Fsp3) is 0.391. The number of hydrogen-bond donors (Lipinski definition) is 0. The Bertz CT molecular complexity index is 1190. The van der Waals surface area contributed by atoms with Crippen LogP contribution in [0.5, 0.6) is 0 Å². The molecule has 1 aliphatic rings. The van der Waals surface area contributed by atoms with Crippen molar-refractivity contribution < 1.29 is 26.7 Å². The molecule has 35 heavy (non-hydrogen) atoms. The minimum Gasteiger partial charge on any atom is -0.369 e. The second-order valence-corrected chi connectivity index (χ2v) is 8.32. The third kappa shape index (κ3) is 5.81. The van der Waals surface area contributed by atoms with E-state index in [1.54, 1.807) is 6.07 Å². The van der Waals surface area contributed by atoms with E-state index in [4.69, 9.17) is 0 Å². The summed E-state index contributed by atoms with van der Waals surface area (Å²) in [6.07, 6.45) is -3.92. The minimum absolute atomic E-state index is 0.253. The number of rotatable bonds is 7. The highest BCUT2D eigenvalue weighted by Gasteiger charge is 2.31. The number of carbonyl (C=O) groups excluding carboxylic acids is 1. The van der Waals surface area contributed by atoms with Gasteiger partial charge in [0.05, 0.1) is 11.1 Å². The molecule has 2 aromatic carbocycles. The van der Waals surface area contributed by atoms with Gasteiger partial charge < -0.3 is 4.90 Å². The SMILES string of the molecule is CC(C(=O)c1ccc(F)cc1F)n1nnc(CCN2CCN(c3cccc(C(F)(F)F)c3)CC2)n1. The van der Waals surface area contributed by atoms with Gasteiger partial charge in [0.2, 0.25) is 0 Å². The largest absolute Gasteiger partial charge is 0.416 e. The number of aromatic nitrogens is 4. The van der Waals surface area contributed by atoms with Gasteiger partial charge in [-0.1, -0.05) is 6.07 Å². The Morgan fingerprint density at radius 1 is 1.06 bits per heavy atom. The van der Waals surface area contributed by atoms with E-state index in [1.165, 1.54) is 13.0 Å². The summed E-state index contributed by atoms with van der Waals surface area (Å²) in [5.41, 5.74) is -0.377. The molecule has 0 radical (unpaired) electrons. The summed E-state index contributed by atoms with van der Waals surface area (Å²) >= 11 is 0. The molecule has 1 saturated heterocycles. The minimum atomic E-state index is -4.38. The third-order valence-corrected chi connectivity index (χ3v) is 5.95.